The molecule has 0 N–H and O–H groups in total. The molecule has 0 atom stereocenters. The summed E-state index contributed by atoms with van der Waals surface area (Å²) in [6.07, 6.45) is 15.8. The molecular formula is C17H30O2. The Kier molecular flexibility index (Phi) is 14.2. The molecule has 0 aromatic rings. The topological polar surface area (TPSA) is 26.3 Å². The third kappa shape index (κ3) is 14.9. The summed E-state index contributed by atoms with van der Waals surface area (Å²) in [6.45, 7) is 7.93. The average molecular weight is 266 g/mol. The summed E-state index contributed by atoms with van der Waals surface area (Å²) in [5.41, 5.74) is 0. The molecule has 19 heavy (non-hydrogen) atoms. The zero-order chi connectivity index (χ0) is 14.2. The normalized spacial score (nSPS) is 10.1. The minimum absolute atomic E-state index is 0.0636. The number of hydrogen-bond donors (Lipinski definition) is 0. The van der Waals surface area contributed by atoms with E-state index in [1.165, 1.54) is 38.5 Å². The smallest absolute Gasteiger partial charge is 0.305 e. The summed E-state index contributed by atoms with van der Waals surface area (Å²) >= 11 is 0. The van der Waals surface area contributed by atoms with E-state index in [0.29, 0.717) is 13.0 Å². The standard InChI is InChI=1S/C17H30O2/c1-3-5-7-8-9-10-11-12-14-16-19-17(18)15-13-6-4-2/h3-4H,1-2,5-16H2. The second kappa shape index (κ2) is 15.0. The van der Waals surface area contributed by atoms with Crippen LogP contribution in [0.15, 0.2) is 25.3 Å². The molecule has 0 aliphatic rings. The molecule has 0 bridgehead atoms. The first-order valence-corrected chi connectivity index (χ1v) is 7.68. The van der Waals surface area contributed by atoms with Gasteiger partial charge < -0.3 is 4.74 Å². The molecule has 0 rings (SSSR count). The molecule has 0 spiro atoms. The molecule has 0 heterocycles. The van der Waals surface area contributed by atoms with E-state index < -0.39 is 0 Å². The molecule has 0 saturated heterocycles. The van der Waals surface area contributed by atoms with Gasteiger partial charge in [-0.15, -0.1) is 13.2 Å². The van der Waals surface area contributed by atoms with Crippen molar-refractivity contribution in [3.63, 3.8) is 0 Å². The maximum atomic E-state index is 11.3. The van der Waals surface area contributed by atoms with Gasteiger partial charge in [-0.3, -0.25) is 4.79 Å². The Morgan fingerprint density at radius 1 is 0.789 bits per heavy atom. The first-order valence-electron chi connectivity index (χ1n) is 7.68. The van der Waals surface area contributed by atoms with Crippen molar-refractivity contribution in [1.29, 1.82) is 0 Å². The molecule has 0 amide bonds. The lowest BCUT2D eigenvalue weighted by atomic mass is 10.1. The Bertz CT molecular complexity index is 233. The highest BCUT2D eigenvalue weighted by Crippen LogP contribution is 2.09. The van der Waals surface area contributed by atoms with Crippen LogP contribution in [0.25, 0.3) is 0 Å². The van der Waals surface area contributed by atoms with Crippen LogP contribution in [0.2, 0.25) is 0 Å². The fourth-order valence-corrected chi connectivity index (χ4v) is 1.92. The first kappa shape index (κ1) is 17.9. The van der Waals surface area contributed by atoms with E-state index >= 15 is 0 Å². The van der Waals surface area contributed by atoms with Crippen molar-refractivity contribution in [2.24, 2.45) is 0 Å². The van der Waals surface area contributed by atoms with Crippen LogP contribution in [0.4, 0.5) is 0 Å². The SMILES string of the molecule is C=CCCCCCCCCCOC(=O)CCCC=C. The Morgan fingerprint density at radius 2 is 1.32 bits per heavy atom. The number of carbonyl (C=O) groups is 1. The van der Waals surface area contributed by atoms with Gasteiger partial charge in [0.1, 0.15) is 0 Å². The highest BCUT2D eigenvalue weighted by Gasteiger charge is 2.01. The summed E-state index contributed by atoms with van der Waals surface area (Å²) in [6, 6.07) is 0. The molecule has 0 unspecified atom stereocenters. The highest BCUT2D eigenvalue weighted by atomic mass is 16.5. The fraction of sp³-hybridized carbons (Fsp3) is 0.706. The van der Waals surface area contributed by atoms with E-state index in [1.807, 2.05) is 12.2 Å². The van der Waals surface area contributed by atoms with Crippen molar-refractivity contribution >= 4 is 5.97 Å². The van der Waals surface area contributed by atoms with Crippen LogP contribution < -0.4 is 0 Å². The molecule has 0 aromatic carbocycles. The molecule has 2 nitrogen and oxygen atoms in total. The zero-order valence-corrected chi connectivity index (χ0v) is 12.4. The second-order valence-electron chi connectivity index (χ2n) is 4.95. The average Bonchev–Trinajstić information content (AvgIpc) is 2.41. The highest BCUT2D eigenvalue weighted by molar-refractivity contribution is 5.69. The summed E-state index contributed by atoms with van der Waals surface area (Å²) in [5.74, 6) is -0.0636. The van der Waals surface area contributed by atoms with Crippen molar-refractivity contribution in [2.45, 2.75) is 70.6 Å². The van der Waals surface area contributed by atoms with Crippen LogP contribution in [0.1, 0.15) is 70.6 Å². The third-order valence-corrected chi connectivity index (χ3v) is 3.10. The number of allylic oxidation sites excluding steroid dienone is 2. The molecule has 110 valence electrons. The van der Waals surface area contributed by atoms with E-state index in [1.54, 1.807) is 0 Å². The number of rotatable bonds is 14. The maximum Gasteiger partial charge on any atom is 0.305 e. The van der Waals surface area contributed by atoms with Gasteiger partial charge in [0.05, 0.1) is 6.61 Å². The van der Waals surface area contributed by atoms with Crippen LogP contribution in [-0.4, -0.2) is 12.6 Å². The van der Waals surface area contributed by atoms with Gasteiger partial charge in [-0.1, -0.05) is 44.3 Å². The van der Waals surface area contributed by atoms with Gasteiger partial charge in [0.25, 0.3) is 0 Å². The molecule has 2 heteroatoms. The van der Waals surface area contributed by atoms with Crippen LogP contribution in [0, 0.1) is 0 Å². The van der Waals surface area contributed by atoms with E-state index in [2.05, 4.69) is 13.2 Å². The predicted octanol–water partition coefficient (Wildman–Crippen LogP) is 5.19. The van der Waals surface area contributed by atoms with E-state index in [-0.39, 0.29) is 5.97 Å². The quantitative estimate of drug-likeness (QED) is 0.245. The maximum absolute atomic E-state index is 11.3. The Morgan fingerprint density at radius 3 is 1.95 bits per heavy atom. The van der Waals surface area contributed by atoms with E-state index in [0.717, 1.165) is 25.7 Å². The van der Waals surface area contributed by atoms with Crippen LogP contribution in [0.5, 0.6) is 0 Å². The van der Waals surface area contributed by atoms with Crippen molar-refractivity contribution < 1.29 is 9.53 Å². The van der Waals surface area contributed by atoms with Crippen LogP contribution >= 0.6 is 0 Å². The third-order valence-electron chi connectivity index (χ3n) is 3.10. The Hall–Kier alpha value is -1.05. The van der Waals surface area contributed by atoms with Gasteiger partial charge in [-0.25, -0.2) is 0 Å². The van der Waals surface area contributed by atoms with Gasteiger partial charge in [-0.2, -0.15) is 0 Å². The van der Waals surface area contributed by atoms with Gasteiger partial charge >= 0.3 is 5.97 Å². The molecule has 0 fully saturated rings. The number of unbranched alkanes of at least 4 members (excludes halogenated alkanes) is 8. The van der Waals surface area contributed by atoms with Gasteiger partial charge in [0.2, 0.25) is 0 Å². The van der Waals surface area contributed by atoms with Crippen LogP contribution in [0.3, 0.4) is 0 Å². The molecule has 0 saturated carbocycles. The lowest BCUT2D eigenvalue weighted by molar-refractivity contribution is -0.143. The molecule has 0 radical (unpaired) electrons. The van der Waals surface area contributed by atoms with Crippen molar-refractivity contribution in [3.8, 4) is 0 Å². The Labute approximate surface area is 118 Å². The van der Waals surface area contributed by atoms with Crippen molar-refractivity contribution in [3.05, 3.63) is 25.3 Å². The van der Waals surface area contributed by atoms with Crippen LogP contribution in [-0.2, 0) is 9.53 Å². The number of esters is 1. The minimum atomic E-state index is -0.0636. The summed E-state index contributed by atoms with van der Waals surface area (Å²) < 4.78 is 5.16. The summed E-state index contributed by atoms with van der Waals surface area (Å²) in [7, 11) is 0. The first-order chi connectivity index (χ1) is 9.31. The monoisotopic (exact) mass is 266 g/mol. The number of carbonyl (C=O) groups excluding carboxylic acids is 1. The molecule has 0 aliphatic carbocycles. The predicted molar refractivity (Wildman–Crippen MR) is 82.1 cm³/mol. The second-order valence-corrected chi connectivity index (χ2v) is 4.95. The lowest BCUT2D eigenvalue weighted by Gasteiger charge is -2.04. The number of ether oxygens (including phenoxy) is 1. The lowest BCUT2D eigenvalue weighted by Crippen LogP contribution is -2.05. The van der Waals surface area contributed by atoms with E-state index in [4.69, 9.17) is 4.74 Å². The van der Waals surface area contributed by atoms with Crippen molar-refractivity contribution in [2.75, 3.05) is 6.61 Å². The molecule has 0 aliphatic heterocycles. The van der Waals surface area contributed by atoms with Gasteiger partial charge in [-0.05, 0) is 32.1 Å². The Balaban J connectivity index is 3.11. The van der Waals surface area contributed by atoms with Crippen molar-refractivity contribution in [1.82, 2.24) is 0 Å². The fourth-order valence-electron chi connectivity index (χ4n) is 1.92. The molecule has 0 aromatic heterocycles. The largest absolute Gasteiger partial charge is 0.466 e. The minimum Gasteiger partial charge on any atom is -0.466 e. The van der Waals surface area contributed by atoms with Gasteiger partial charge in [0, 0.05) is 6.42 Å². The summed E-state index contributed by atoms with van der Waals surface area (Å²) in [4.78, 5) is 11.3. The van der Waals surface area contributed by atoms with Gasteiger partial charge in [0.15, 0.2) is 0 Å². The summed E-state index contributed by atoms with van der Waals surface area (Å²) in [5, 5.41) is 0. The molecular weight excluding hydrogens is 236 g/mol. The van der Waals surface area contributed by atoms with E-state index in [9.17, 15) is 4.79 Å². The number of hydrogen-bond acceptors (Lipinski definition) is 2. The zero-order valence-electron chi connectivity index (χ0n) is 12.4.